The SMILES string of the molecule is c1ccc(-c2ccc3c(c2)C2(c4ccccc4-c4ccccc42)c2cc4c5c(cccc5c2-3)N(c2nc(-c3ccccc3)c3ccccc3n2)c2ccccc2-4)cc1. The van der Waals surface area contributed by atoms with Crippen LogP contribution in [0.2, 0.25) is 0 Å². The second kappa shape index (κ2) is 11.7. The number of para-hydroxylation sites is 2. The first-order valence-electron chi connectivity index (χ1n) is 20.0. The Morgan fingerprint density at radius 3 is 1.76 bits per heavy atom. The Kier molecular flexibility index (Phi) is 6.37. The standard InChI is InChI=1S/C55H33N3/c1-3-16-34(17-4-1)36-30-31-40-46(32-36)55(44-25-11-7-20-37(44)38-21-8-12-26-45(38)55)47-33-43-39-22-10-14-28-49(39)58(50-29-15-24-42(51(40)47)52(43)50)54-56-48-27-13-9-23-41(48)53(57-54)35-18-5-2-6-19-35/h1-33H. The van der Waals surface area contributed by atoms with Gasteiger partial charge in [-0.3, -0.25) is 4.90 Å². The molecule has 2 aliphatic carbocycles. The van der Waals surface area contributed by atoms with Crippen LogP contribution in [0.1, 0.15) is 22.3 Å². The molecule has 0 saturated heterocycles. The van der Waals surface area contributed by atoms with Crippen LogP contribution in [-0.2, 0) is 5.41 Å². The molecule has 9 aromatic carbocycles. The highest BCUT2D eigenvalue weighted by Crippen LogP contribution is 2.66. The van der Waals surface area contributed by atoms with Crippen LogP contribution in [0.3, 0.4) is 0 Å². The topological polar surface area (TPSA) is 29.0 Å². The van der Waals surface area contributed by atoms with Gasteiger partial charge in [-0.25, -0.2) is 9.97 Å². The van der Waals surface area contributed by atoms with Crippen molar-refractivity contribution in [1.82, 2.24) is 9.97 Å². The van der Waals surface area contributed by atoms with E-state index in [-0.39, 0.29) is 0 Å². The van der Waals surface area contributed by atoms with Crippen molar-refractivity contribution in [3.05, 3.63) is 222 Å². The molecule has 58 heavy (non-hydrogen) atoms. The van der Waals surface area contributed by atoms with Gasteiger partial charge in [0.15, 0.2) is 0 Å². The van der Waals surface area contributed by atoms with Crippen LogP contribution in [0.4, 0.5) is 17.3 Å². The lowest BCUT2D eigenvalue weighted by Gasteiger charge is -2.35. The molecular formula is C55H33N3. The summed E-state index contributed by atoms with van der Waals surface area (Å²) < 4.78 is 0. The summed E-state index contributed by atoms with van der Waals surface area (Å²) in [5.41, 5.74) is 19.9. The Morgan fingerprint density at radius 1 is 0.362 bits per heavy atom. The van der Waals surface area contributed by atoms with E-state index < -0.39 is 5.41 Å². The lowest BCUT2D eigenvalue weighted by molar-refractivity contribution is 0.795. The average molecular weight is 736 g/mol. The Morgan fingerprint density at radius 2 is 0.983 bits per heavy atom. The maximum Gasteiger partial charge on any atom is 0.235 e. The van der Waals surface area contributed by atoms with Crippen LogP contribution in [0.25, 0.3) is 77.4 Å². The van der Waals surface area contributed by atoms with Crippen LogP contribution >= 0.6 is 0 Å². The molecule has 1 spiro atoms. The average Bonchev–Trinajstić information content (AvgIpc) is 3.76. The van der Waals surface area contributed by atoms with Gasteiger partial charge in [-0.15, -0.1) is 0 Å². The van der Waals surface area contributed by atoms with Crippen LogP contribution < -0.4 is 4.90 Å². The van der Waals surface area contributed by atoms with E-state index in [2.05, 4.69) is 205 Å². The van der Waals surface area contributed by atoms with E-state index in [1.54, 1.807) is 0 Å². The molecule has 1 aliphatic heterocycles. The number of aromatic nitrogens is 2. The van der Waals surface area contributed by atoms with E-state index in [9.17, 15) is 0 Å². The quantitative estimate of drug-likeness (QED) is 0.181. The third-order valence-electron chi connectivity index (χ3n) is 12.8. The summed E-state index contributed by atoms with van der Waals surface area (Å²) in [6.45, 7) is 0. The predicted molar refractivity (Wildman–Crippen MR) is 238 cm³/mol. The fraction of sp³-hybridized carbons (Fsp3) is 0.0182. The second-order valence-electron chi connectivity index (χ2n) is 15.6. The first-order chi connectivity index (χ1) is 28.8. The molecule has 0 atom stereocenters. The largest absolute Gasteiger partial charge is 0.278 e. The summed E-state index contributed by atoms with van der Waals surface area (Å²) in [4.78, 5) is 13.0. The van der Waals surface area contributed by atoms with Gasteiger partial charge in [0.1, 0.15) is 0 Å². The molecule has 0 radical (unpaired) electrons. The van der Waals surface area contributed by atoms with Gasteiger partial charge < -0.3 is 0 Å². The maximum absolute atomic E-state index is 5.42. The van der Waals surface area contributed by atoms with Gasteiger partial charge in [0.2, 0.25) is 5.95 Å². The second-order valence-corrected chi connectivity index (χ2v) is 15.6. The number of fused-ring (bicyclic) bond motifs is 14. The Balaban J connectivity index is 1.15. The Bertz CT molecular complexity index is 3300. The fourth-order valence-electron chi connectivity index (χ4n) is 10.5. The van der Waals surface area contributed by atoms with Gasteiger partial charge in [0.25, 0.3) is 0 Å². The molecule has 2 heterocycles. The zero-order valence-corrected chi connectivity index (χ0v) is 31.4. The van der Waals surface area contributed by atoms with Crippen LogP contribution in [0, 0.1) is 0 Å². The minimum absolute atomic E-state index is 0.499. The number of benzene rings is 9. The molecule has 3 aliphatic rings. The first-order valence-corrected chi connectivity index (χ1v) is 20.0. The van der Waals surface area contributed by atoms with Crippen molar-refractivity contribution in [2.24, 2.45) is 0 Å². The minimum Gasteiger partial charge on any atom is -0.278 e. The molecule has 13 rings (SSSR count). The number of hydrogen-bond donors (Lipinski definition) is 0. The molecule has 0 bridgehead atoms. The fourth-order valence-corrected chi connectivity index (χ4v) is 10.5. The smallest absolute Gasteiger partial charge is 0.235 e. The number of nitrogens with zero attached hydrogens (tertiary/aromatic N) is 3. The van der Waals surface area contributed by atoms with Gasteiger partial charge >= 0.3 is 0 Å². The molecule has 0 unspecified atom stereocenters. The van der Waals surface area contributed by atoms with Crippen molar-refractivity contribution in [2.45, 2.75) is 5.41 Å². The Labute approximate surface area is 336 Å². The summed E-state index contributed by atoms with van der Waals surface area (Å²) in [6.07, 6.45) is 0. The number of anilines is 3. The number of hydrogen-bond acceptors (Lipinski definition) is 3. The van der Waals surface area contributed by atoms with Crippen molar-refractivity contribution in [2.75, 3.05) is 4.90 Å². The summed E-state index contributed by atoms with van der Waals surface area (Å²) in [5.74, 6) is 0.659. The van der Waals surface area contributed by atoms with Crippen molar-refractivity contribution in [3.63, 3.8) is 0 Å². The summed E-state index contributed by atoms with van der Waals surface area (Å²) >= 11 is 0. The molecule has 0 amide bonds. The van der Waals surface area contributed by atoms with E-state index in [4.69, 9.17) is 9.97 Å². The zero-order chi connectivity index (χ0) is 38.0. The monoisotopic (exact) mass is 735 g/mol. The molecule has 0 saturated carbocycles. The Hall–Kier alpha value is -7.62. The molecule has 3 nitrogen and oxygen atoms in total. The third-order valence-corrected chi connectivity index (χ3v) is 12.8. The van der Waals surface area contributed by atoms with E-state index in [1.807, 2.05) is 0 Å². The first kappa shape index (κ1) is 31.6. The van der Waals surface area contributed by atoms with Gasteiger partial charge in [-0.2, -0.15) is 0 Å². The zero-order valence-electron chi connectivity index (χ0n) is 31.4. The van der Waals surface area contributed by atoms with E-state index in [0.717, 1.165) is 33.5 Å². The molecule has 0 N–H and O–H groups in total. The normalized spacial score (nSPS) is 13.6. The van der Waals surface area contributed by atoms with Crippen molar-refractivity contribution in [1.29, 1.82) is 0 Å². The minimum atomic E-state index is -0.499. The van der Waals surface area contributed by atoms with E-state index >= 15 is 0 Å². The van der Waals surface area contributed by atoms with Gasteiger partial charge in [-0.1, -0.05) is 170 Å². The molecule has 10 aromatic rings. The maximum atomic E-state index is 5.42. The lowest BCUT2D eigenvalue weighted by Crippen LogP contribution is -2.26. The molecule has 0 fully saturated rings. The van der Waals surface area contributed by atoms with Crippen molar-refractivity contribution in [3.8, 4) is 55.8 Å². The van der Waals surface area contributed by atoms with Gasteiger partial charge in [-0.05, 0) is 96.9 Å². The molecule has 268 valence electrons. The van der Waals surface area contributed by atoms with Gasteiger partial charge in [0.05, 0.1) is 28.0 Å². The highest BCUT2D eigenvalue weighted by Gasteiger charge is 2.52. The van der Waals surface area contributed by atoms with Crippen molar-refractivity contribution >= 4 is 39.0 Å². The highest BCUT2D eigenvalue weighted by atomic mass is 15.3. The lowest BCUT2D eigenvalue weighted by atomic mass is 9.69. The summed E-state index contributed by atoms with van der Waals surface area (Å²) in [7, 11) is 0. The highest BCUT2D eigenvalue weighted by molar-refractivity contribution is 6.20. The molecular weight excluding hydrogens is 703 g/mol. The summed E-state index contributed by atoms with van der Waals surface area (Å²) in [5, 5.41) is 3.49. The number of rotatable bonds is 3. The predicted octanol–water partition coefficient (Wildman–Crippen LogP) is 13.9. The summed E-state index contributed by atoms with van der Waals surface area (Å²) in [6, 6.07) is 73.1. The van der Waals surface area contributed by atoms with Crippen LogP contribution in [0.15, 0.2) is 200 Å². The molecule has 3 heteroatoms. The van der Waals surface area contributed by atoms with Gasteiger partial charge in [0, 0.05) is 21.9 Å². The van der Waals surface area contributed by atoms with Crippen molar-refractivity contribution < 1.29 is 0 Å². The molecule has 1 aromatic heterocycles. The van der Waals surface area contributed by atoms with E-state index in [0.29, 0.717) is 5.95 Å². The van der Waals surface area contributed by atoms with E-state index in [1.165, 1.54) is 77.5 Å². The van der Waals surface area contributed by atoms with Crippen LogP contribution in [0.5, 0.6) is 0 Å². The van der Waals surface area contributed by atoms with Crippen LogP contribution in [-0.4, -0.2) is 9.97 Å². The third kappa shape index (κ3) is 4.07.